The number of piperidine rings is 1. The van der Waals surface area contributed by atoms with Gasteiger partial charge in [0, 0.05) is 47.5 Å². The van der Waals surface area contributed by atoms with E-state index in [4.69, 9.17) is 10.4 Å². The zero-order valence-electron chi connectivity index (χ0n) is 20.3. The molecule has 5 aromatic rings. The average molecular weight is 492 g/mol. The molecule has 0 aliphatic carbocycles. The summed E-state index contributed by atoms with van der Waals surface area (Å²) in [5, 5.41) is 19.6. The molecule has 0 saturated carbocycles. The van der Waals surface area contributed by atoms with Crippen molar-refractivity contribution in [3.8, 4) is 22.4 Å². The van der Waals surface area contributed by atoms with Gasteiger partial charge in [-0.3, -0.25) is 20.3 Å². The number of hydrogen-bond donors (Lipinski definition) is 2. The number of hydrogen-bond acceptors (Lipinski definition) is 7. The number of aromatic amines is 1. The molecule has 184 valence electrons. The lowest BCUT2D eigenvalue weighted by Crippen LogP contribution is -2.39. The number of aromatic nitrogens is 7. The predicted octanol–water partition coefficient (Wildman–Crippen LogP) is 3.38. The smallest absolute Gasteiger partial charge is 0.291 e. The van der Waals surface area contributed by atoms with Crippen LogP contribution in [0.2, 0.25) is 0 Å². The van der Waals surface area contributed by atoms with Gasteiger partial charge in [-0.25, -0.2) is 9.97 Å². The molecule has 1 aliphatic rings. The zero-order valence-corrected chi connectivity index (χ0v) is 20.3. The van der Waals surface area contributed by atoms with Gasteiger partial charge < -0.3 is 4.90 Å². The van der Waals surface area contributed by atoms with Crippen LogP contribution in [0, 0.1) is 12.3 Å². The van der Waals surface area contributed by atoms with Crippen molar-refractivity contribution in [2.24, 2.45) is 0 Å². The molecule has 0 bridgehead atoms. The van der Waals surface area contributed by atoms with Crippen LogP contribution in [0.5, 0.6) is 0 Å². The molecule has 37 heavy (non-hydrogen) atoms. The first-order valence-electron chi connectivity index (χ1n) is 12.2. The van der Waals surface area contributed by atoms with Crippen molar-refractivity contribution in [3.05, 3.63) is 89.8 Å². The molecule has 1 aromatic carbocycles. The van der Waals surface area contributed by atoms with E-state index in [9.17, 15) is 4.79 Å². The van der Waals surface area contributed by atoms with Crippen molar-refractivity contribution >= 4 is 11.6 Å². The van der Waals surface area contributed by atoms with Gasteiger partial charge in [0.1, 0.15) is 6.33 Å². The molecule has 5 heterocycles. The quantitative estimate of drug-likeness (QED) is 0.397. The number of carbonyl (C=O) groups is 1. The second-order valence-corrected chi connectivity index (χ2v) is 9.18. The highest BCUT2D eigenvalue weighted by Gasteiger charge is 2.28. The van der Waals surface area contributed by atoms with E-state index in [-0.39, 0.29) is 17.6 Å². The van der Waals surface area contributed by atoms with Crippen LogP contribution in [-0.2, 0) is 0 Å². The van der Waals surface area contributed by atoms with E-state index in [1.165, 1.54) is 6.33 Å². The van der Waals surface area contributed by atoms with Crippen LogP contribution in [0.15, 0.2) is 67.3 Å². The van der Waals surface area contributed by atoms with Crippen molar-refractivity contribution in [3.63, 3.8) is 0 Å². The summed E-state index contributed by atoms with van der Waals surface area (Å²) >= 11 is 0. The molecule has 0 radical (unpaired) electrons. The Morgan fingerprint density at radius 2 is 1.81 bits per heavy atom. The minimum absolute atomic E-state index is 0.142. The maximum atomic E-state index is 12.6. The molecule has 0 atom stereocenters. The summed E-state index contributed by atoms with van der Waals surface area (Å²) in [4.78, 5) is 28.0. The minimum Gasteiger partial charge on any atom is -0.336 e. The second kappa shape index (κ2) is 9.38. The molecule has 1 saturated heterocycles. The van der Waals surface area contributed by atoms with Crippen LogP contribution in [0.3, 0.4) is 0 Å². The Hall–Kier alpha value is -4.73. The molecule has 1 aliphatic heterocycles. The molecule has 10 nitrogen and oxygen atoms in total. The molecule has 1 fully saturated rings. The number of nitrogens with one attached hydrogen (secondary N) is 2. The molecule has 0 spiro atoms. The SMILES string of the molecule is Cc1c(C2CCN(C(=O)c3ncn[nH]3)CC2)nc2cc(-c3ccc(-c4ccccc4)nc3)cnn2c1=N. The second-order valence-electron chi connectivity index (χ2n) is 9.18. The number of amides is 1. The third kappa shape index (κ3) is 4.26. The monoisotopic (exact) mass is 491 g/mol. The van der Waals surface area contributed by atoms with Crippen molar-refractivity contribution < 1.29 is 4.79 Å². The lowest BCUT2D eigenvalue weighted by molar-refractivity contribution is 0.0700. The van der Waals surface area contributed by atoms with Crippen molar-refractivity contribution in [1.82, 2.24) is 39.7 Å². The number of carbonyl (C=O) groups excluding carboxylic acids is 1. The van der Waals surface area contributed by atoms with Crippen molar-refractivity contribution in [1.29, 1.82) is 5.41 Å². The highest BCUT2D eigenvalue weighted by Crippen LogP contribution is 2.29. The average Bonchev–Trinajstić information content (AvgIpc) is 3.50. The van der Waals surface area contributed by atoms with Crippen LogP contribution in [0.4, 0.5) is 0 Å². The maximum absolute atomic E-state index is 12.6. The Bertz CT molecular complexity index is 1620. The van der Waals surface area contributed by atoms with Crippen LogP contribution < -0.4 is 5.49 Å². The van der Waals surface area contributed by atoms with Crippen LogP contribution in [0.1, 0.15) is 40.6 Å². The van der Waals surface area contributed by atoms with Crippen LogP contribution >= 0.6 is 0 Å². The van der Waals surface area contributed by atoms with E-state index >= 15 is 0 Å². The fraction of sp³-hybridized carbons (Fsp3) is 0.222. The summed E-state index contributed by atoms with van der Waals surface area (Å²) in [5.74, 6) is 0.271. The lowest BCUT2D eigenvalue weighted by atomic mass is 9.91. The van der Waals surface area contributed by atoms with Gasteiger partial charge in [0.15, 0.2) is 11.1 Å². The van der Waals surface area contributed by atoms with Gasteiger partial charge >= 0.3 is 0 Å². The molecule has 6 rings (SSSR count). The Morgan fingerprint density at radius 1 is 1.00 bits per heavy atom. The van der Waals surface area contributed by atoms with E-state index in [1.807, 2.05) is 61.7 Å². The Balaban J connectivity index is 1.27. The number of H-pyrrole nitrogens is 1. The van der Waals surface area contributed by atoms with Gasteiger partial charge in [0.05, 0.1) is 17.6 Å². The summed E-state index contributed by atoms with van der Waals surface area (Å²) in [5.41, 5.74) is 6.45. The number of nitrogens with zero attached hydrogens (tertiary/aromatic N) is 7. The van der Waals surface area contributed by atoms with Gasteiger partial charge in [-0.15, -0.1) is 0 Å². The number of fused-ring (bicyclic) bond motifs is 1. The van der Waals surface area contributed by atoms with E-state index in [2.05, 4.69) is 25.3 Å². The largest absolute Gasteiger partial charge is 0.336 e. The fourth-order valence-corrected chi connectivity index (χ4v) is 4.87. The third-order valence-electron chi connectivity index (χ3n) is 6.95. The Morgan fingerprint density at radius 3 is 2.51 bits per heavy atom. The van der Waals surface area contributed by atoms with Crippen LogP contribution in [0.25, 0.3) is 28.0 Å². The van der Waals surface area contributed by atoms with Gasteiger partial charge in [0.25, 0.3) is 5.91 Å². The fourth-order valence-electron chi connectivity index (χ4n) is 4.87. The van der Waals surface area contributed by atoms with Gasteiger partial charge in [-0.05, 0) is 31.9 Å². The molecular weight excluding hydrogens is 466 g/mol. The standard InChI is InChI=1S/C27H25N9O/c1-17-24(19-9-11-35(12-10-19)27(37)26-30-16-31-34-26)33-23-13-21(15-32-36(23)25(17)28)20-7-8-22(29-14-20)18-5-3-2-4-6-18/h2-8,13-16,19,28H,9-12H2,1H3,(H,30,31,34). The van der Waals surface area contributed by atoms with Gasteiger partial charge in [0.2, 0.25) is 5.82 Å². The first kappa shape index (κ1) is 22.7. The van der Waals surface area contributed by atoms with Gasteiger partial charge in [-0.1, -0.05) is 36.4 Å². The summed E-state index contributed by atoms with van der Waals surface area (Å²) in [7, 11) is 0. The Labute approximate surface area is 212 Å². The molecule has 0 unspecified atom stereocenters. The van der Waals surface area contributed by atoms with Crippen molar-refractivity contribution in [2.75, 3.05) is 13.1 Å². The number of benzene rings is 1. The Kier molecular flexibility index (Phi) is 5.76. The molecule has 2 N–H and O–H groups in total. The summed E-state index contributed by atoms with van der Waals surface area (Å²) in [6, 6.07) is 16.0. The topological polar surface area (TPSA) is 129 Å². The third-order valence-corrected chi connectivity index (χ3v) is 6.95. The van der Waals surface area contributed by atoms with Crippen molar-refractivity contribution in [2.45, 2.75) is 25.7 Å². The predicted molar refractivity (Wildman–Crippen MR) is 137 cm³/mol. The number of pyridine rings is 1. The molecule has 1 amide bonds. The van der Waals surface area contributed by atoms with E-state index in [0.717, 1.165) is 46.5 Å². The van der Waals surface area contributed by atoms with Crippen LogP contribution in [-0.4, -0.2) is 58.7 Å². The first-order chi connectivity index (χ1) is 18.1. The first-order valence-corrected chi connectivity index (χ1v) is 12.2. The zero-order chi connectivity index (χ0) is 25.4. The van der Waals surface area contributed by atoms with Gasteiger partial charge in [-0.2, -0.15) is 14.7 Å². The molecule has 10 heteroatoms. The number of likely N-dealkylation sites (tertiary alicyclic amines) is 1. The maximum Gasteiger partial charge on any atom is 0.291 e. The summed E-state index contributed by atoms with van der Waals surface area (Å²) in [6.45, 7) is 3.12. The molecule has 4 aromatic heterocycles. The number of rotatable bonds is 4. The normalized spacial score (nSPS) is 14.2. The lowest BCUT2D eigenvalue weighted by Gasteiger charge is -2.31. The highest BCUT2D eigenvalue weighted by atomic mass is 16.2. The molecular formula is C27H25N9O. The van der Waals surface area contributed by atoms with E-state index < -0.39 is 0 Å². The minimum atomic E-state index is -0.142. The van der Waals surface area contributed by atoms with E-state index in [0.29, 0.717) is 24.2 Å². The summed E-state index contributed by atoms with van der Waals surface area (Å²) in [6.07, 6.45) is 6.46. The summed E-state index contributed by atoms with van der Waals surface area (Å²) < 4.78 is 1.57. The highest BCUT2D eigenvalue weighted by molar-refractivity contribution is 5.90. The van der Waals surface area contributed by atoms with E-state index in [1.54, 1.807) is 15.6 Å².